The Morgan fingerprint density at radius 3 is 2.14 bits per heavy atom. The number of rotatable bonds is 13. The molecule has 1 unspecified atom stereocenters. The van der Waals surface area contributed by atoms with Gasteiger partial charge in [0.1, 0.15) is 0 Å². The van der Waals surface area contributed by atoms with Crippen LogP contribution in [-0.2, 0) is 4.74 Å². The Labute approximate surface area is 132 Å². The van der Waals surface area contributed by atoms with E-state index in [4.69, 9.17) is 4.74 Å². The molecular weight excluding hydrogens is 260 g/mol. The fourth-order valence-electron chi connectivity index (χ4n) is 3.05. The molecule has 0 aromatic heterocycles. The molecule has 0 radical (unpaired) electrons. The molecule has 1 atom stereocenters. The van der Waals surface area contributed by atoms with Crippen LogP contribution in [0.25, 0.3) is 0 Å². The van der Waals surface area contributed by atoms with Crippen molar-refractivity contribution in [1.29, 1.82) is 0 Å². The highest BCUT2D eigenvalue weighted by Crippen LogP contribution is 2.10. The van der Waals surface area contributed by atoms with Crippen molar-refractivity contribution >= 4 is 0 Å². The second kappa shape index (κ2) is 13.5. The summed E-state index contributed by atoms with van der Waals surface area (Å²) in [6.07, 6.45) is 14.6. The number of unbranched alkanes of at least 4 members (excludes halogenated alkanes) is 9. The third kappa shape index (κ3) is 11.1. The fourth-order valence-corrected chi connectivity index (χ4v) is 3.05. The van der Waals surface area contributed by atoms with Gasteiger partial charge in [-0.3, -0.25) is 0 Å². The monoisotopic (exact) mass is 298 g/mol. The SMILES string of the molecule is CCCCCCCCCCCCN(C)CC1CNCCO1. The summed E-state index contributed by atoms with van der Waals surface area (Å²) in [5.41, 5.74) is 0. The quantitative estimate of drug-likeness (QED) is 0.523. The number of nitrogens with zero attached hydrogens (tertiary/aromatic N) is 1. The second-order valence-corrected chi connectivity index (χ2v) is 6.64. The van der Waals surface area contributed by atoms with Gasteiger partial charge in [0.2, 0.25) is 0 Å². The molecule has 0 bridgehead atoms. The van der Waals surface area contributed by atoms with Gasteiger partial charge in [-0.25, -0.2) is 0 Å². The minimum absolute atomic E-state index is 0.395. The molecule has 0 aromatic rings. The third-order valence-electron chi connectivity index (χ3n) is 4.41. The lowest BCUT2D eigenvalue weighted by atomic mass is 10.1. The summed E-state index contributed by atoms with van der Waals surface area (Å²) in [6.45, 7) is 7.48. The molecular formula is C18H38N2O. The minimum Gasteiger partial charge on any atom is -0.374 e. The third-order valence-corrected chi connectivity index (χ3v) is 4.41. The normalized spacial score (nSPS) is 19.3. The summed E-state index contributed by atoms with van der Waals surface area (Å²) in [7, 11) is 2.23. The highest BCUT2D eigenvalue weighted by atomic mass is 16.5. The largest absolute Gasteiger partial charge is 0.374 e. The molecule has 21 heavy (non-hydrogen) atoms. The molecule has 0 aromatic carbocycles. The number of ether oxygens (including phenoxy) is 1. The molecule has 0 spiro atoms. The number of hydrogen-bond acceptors (Lipinski definition) is 3. The summed E-state index contributed by atoms with van der Waals surface area (Å²) < 4.78 is 5.74. The van der Waals surface area contributed by atoms with Crippen LogP contribution < -0.4 is 5.32 Å². The second-order valence-electron chi connectivity index (χ2n) is 6.64. The van der Waals surface area contributed by atoms with E-state index in [1.807, 2.05) is 0 Å². The van der Waals surface area contributed by atoms with Crippen LogP contribution >= 0.6 is 0 Å². The van der Waals surface area contributed by atoms with E-state index in [-0.39, 0.29) is 0 Å². The van der Waals surface area contributed by atoms with Gasteiger partial charge in [-0.1, -0.05) is 64.7 Å². The highest BCUT2D eigenvalue weighted by Gasteiger charge is 2.14. The van der Waals surface area contributed by atoms with Crippen molar-refractivity contribution < 1.29 is 4.74 Å². The van der Waals surface area contributed by atoms with Crippen molar-refractivity contribution in [3.05, 3.63) is 0 Å². The Kier molecular flexibility index (Phi) is 12.2. The lowest BCUT2D eigenvalue weighted by Crippen LogP contribution is -2.44. The van der Waals surface area contributed by atoms with Gasteiger partial charge in [-0.2, -0.15) is 0 Å². The van der Waals surface area contributed by atoms with Crippen LogP contribution in [0.2, 0.25) is 0 Å². The van der Waals surface area contributed by atoms with E-state index in [0.29, 0.717) is 6.10 Å². The maximum atomic E-state index is 5.74. The van der Waals surface area contributed by atoms with Crippen LogP contribution in [0.15, 0.2) is 0 Å². The minimum atomic E-state index is 0.395. The van der Waals surface area contributed by atoms with Gasteiger partial charge in [-0.15, -0.1) is 0 Å². The van der Waals surface area contributed by atoms with E-state index in [9.17, 15) is 0 Å². The zero-order valence-corrected chi connectivity index (χ0v) is 14.5. The van der Waals surface area contributed by atoms with Crippen molar-refractivity contribution in [2.45, 2.75) is 77.2 Å². The van der Waals surface area contributed by atoms with Crippen molar-refractivity contribution in [2.75, 3.05) is 39.8 Å². The predicted octanol–water partition coefficient (Wildman–Crippen LogP) is 3.83. The summed E-state index contributed by atoms with van der Waals surface area (Å²) in [6, 6.07) is 0. The number of likely N-dealkylation sites (N-methyl/N-ethyl adjacent to an activating group) is 1. The van der Waals surface area contributed by atoms with Gasteiger partial charge < -0.3 is 15.0 Å². The molecule has 126 valence electrons. The van der Waals surface area contributed by atoms with Crippen molar-refractivity contribution in [3.8, 4) is 0 Å². The topological polar surface area (TPSA) is 24.5 Å². The van der Waals surface area contributed by atoms with Crippen molar-refractivity contribution in [3.63, 3.8) is 0 Å². The van der Waals surface area contributed by atoms with Gasteiger partial charge in [-0.05, 0) is 20.0 Å². The molecule has 1 saturated heterocycles. The van der Waals surface area contributed by atoms with Crippen LogP contribution in [0, 0.1) is 0 Å². The van der Waals surface area contributed by atoms with E-state index in [2.05, 4.69) is 24.2 Å². The van der Waals surface area contributed by atoms with Crippen LogP contribution in [-0.4, -0.2) is 50.8 Å². The summed E-state index contributed by atoms with van der Waals surface area (Å²) in [5, 5.41) is 3.40. The van der Waals surface area contributed by atoms with Gasteiger partial charge in [0.25, 0.3) is 0 Å². The first-order valence-corrected chi connectivity index (χ1v) is 9.33. The molecule has 1 aliphatic rings. The average Bonchev–Trinajstić information content (AvgIpc) is 2.50. The zero-order valence-electron chi connectivity index (χ0n) is 14.5. The first kappa shape index (κ1) is 18.9. The molecule has 0 aliphatic carbocycles. The smallest absolute Gasteiger partial charge is 0.0826 e. The molecule has 0 amide bonds. The molecule has 3 heteroatoms. The molecule has 1 fully saturated rings. The number of nitrogens with one attached hydrogen (secondary N) is 1. The molecule has 1 rings (SSSR count). The molecule has 1 heterocycles. The standard InChI is InChI=1S/C18H38N2O/c1-3-4-5-6-7-8-9-10-11-12-14-20(2)17-18-16-19-13-15-21-18/h18-19H,3-17H2,1-2H3. The van der Waals surface area contributed by atoms with Gasteiger partial charge in [0, 0.05) is 19.6 Å². The van der Waals surface area contributed by atoms with Crippen molar-refractivity contribution in [2.24, 2.45) is 0 Å². The average molecular weight is 299 g/mol. The Balaban J connectivity index is 1.80. The Bertz CT molecular complexity index is 217. The highest BCUT2D eigenvalue weighted by molar-refractivity contribution is 4.70. The lowest BCUT2D eigenvalue weighted by Gasteiger charge is -2.28. The Hall–Kier alpha value is -0.120. The Morgan fingerprint density at radius 1 is 0.952 bits per heavy atom. The van der Waals surface area contributed by atoms with Gasteiger partial charge >= 0.3 is 0 Å². The summed E-state index contributed by atoms with van der Waals surface area (Å²) in [5.74, 6) is 0. The van der Waals surface area contributed by atoms with E-state index >= 15 is 0 Å². The maximum absolute atomic E-state index is 5.74. The molecule has 3 nitrogen and oxygen atoms in total. The maximum Gasteiger partial charge on any atom is 0.0826 e. The van der Waals surface area contributed by atoms with E-state index in [0.717, 1.165) is 26.2 Å². The number of morpholine rings is 1. The van der Waals surface area contributed by atoms with Gasteiger partial charge in [0.15, 0.2) is 0 Å². The molecule has 1 N–H and O–H groups in total. The molecule has 0 saturated carbocycles. The predicted molar refractivity (Wildman–Crippen MR) is 92.0 cm³/mol. The van der Waals surface area contributed by atoms with Crippen LogP contribution in [0.1, 0.15) is 71.1 Å². The molecule has 1 aliphatic heterocycles. The number of hydrogen-bond donors (Lipinski definition) is 1. The van der Waals surface area contributed by atoms with E-state index in [1.54, 1.807) is 0 Å². The van der Waals surface area contributed by atoms with Crippen molar-refractivity contribution in [1.82, 2.24) is 10.2 Å². The van der Waals surface area contributed by atoms with Gasteiger partial charge in [0.05, 0.1) is 12.7 Å². The first-order chi connectivity index (χ1) is 10.3. The van der Waals surface area contributed by atoms with E-state index < -0.39 is 0 Å². The zero-order chi connectivity index (χ0) is 15.2. The summed E-state index contributed by atoms with van der Waals surface area (Å²) in [4.78, 5) is 2.43. The van der Waals surface area contributed by atoms with E-state index in [1.165, 1.54) is 70.8 Å². The lowest BCUT2D eigenvalue weighted by molar-refractivity contribution is 0.00987. The Morgan fingerprint density at radius 2 is 1.57 bits per heavy atom. The summed E-state index contributed by atoms with van der Waals surface area (Å²) >= 11 is 0. The van der Waals surface area contributed by atoms with Crippen LogP contribution in [0.3, 0.4) is 0 Å². The first-order valence-electron chi connectivity index (χ1n) is 9.33. The van der Waals surface area contributed by atoms with Crippen LogP contribution in [0.5, 0.6) is 0 Å². The fraction of sp³-hybridized carbons (Fsp3) is 1.00. The van der Waals surface area contributed by atoms with Crippen LogP contribution in [0.4, 0.5) is 0 Å².